The molecule has 3 heterocycles. The molecule has 12 heteroatoms. The number of hydrogen-bond donors (Lipinski definition) is 2. The Morgan fingerprint density at radius 1 is 1.26 bits per heavy atom. The van der Waals surface area contributed by atoms with Crippen molar-refractivity contribution in [3.8, 4) is 17.2 Å². The minimum Gasteiger partial charge on any atom is -0.357 e. The number of likely N-dealkylation sites (tertiary alicyclic amines) is 1. The van der Waals surface area contributed by atoms with Gasteiger partial charge in [0.25, 0.3) is 0 Å². The summed E-state index contributed by atoms with van der Waals surface area (Å²) in [5.41, 5.74) is 3.00. The van der Waals surface area contributed by atoms with Gasteiger partial charge < -0.3 is 15.5 Å². The number of nitriles is 1. The minimum atomic E-state index is -4.74. The van der Waals surface area contributed by atoms with Gasteiger partial charge in [-0.3, -0.25) is 4.74 Å². The molecule has 2 aromatic heterocycles. The van der Waals surface area contributed by atoms with Crippen LogP contribution in [-0.4, -0.2) is 58.5 Å². The zero-order valence-electron chi connectivity index (χ0n) is 18.3. The number of anilines is 2. The molecule has 0 spiro atoms. The summed E-state index contributed by atoms with van der Waals surface area (Å²) in [5, 5.41) is 15.8. The smallest absolute Gasteiger partial charge is 0.357 e. The molecular formula is C22H20F3N7O2. The van der Waals surface area contributed by atoms with Crippen molar-refractivity contribution in [2.24, 2.45) is 0 Å². The van der Waals surface area contributed by atoms with E-state index in [1.165, 1.54) is 4.90 Å². The third-order valence-electron chi connectivity index (χ3n) is 5.41. The second-order valence-corrected chi connectivity index (χ2v) is 7.73. The van der Waals surface area contributed by atoms with Gasteiger partial charge in [-0.1, -0.05) is 6.07 Å². The van der Waals surface area contributed by atoms with Crippen molar-refractivity contribution in [2.75, 3.05) is 30.8 Å². The first kappa shape index (κ1) is 23.2. The number of nitrogens with one attached hydrogen (secondary N) is 2. The summed E-state index contributed by atoms with van der Waals surface area (Å²) < 4.78 is 41.4. The topological polar surface area (TPSA) is 116 Å². The Morgan fingerprint density at radius 3 is 2.76 bits per heavy atom. The van der Waals surface area contributed by atoms with Gasteiger partial charge in [-0.15, -0.1) is 13.2 Å². The highest BCUT2D eigenvalue weighted by atomic mass is 19.4. The summed E-state index contributed by atoms with van der Waals surface area (Å²) in [6.07, 6.45) is -4.14. The second-order valence-electron chi connectivity index (χ2n) is 7.73. The van der Waals surface area contributed by atoms with Crippen LogP contribution < -0.4 is 10.6 Å². The van der Waals surface area contributed by atoms with E-state index in [9.17, 15) is 23.2 Å². The van der Waals surface area contributed by atoms with Gasteiger partial charge in [0, 0.05) is 43.0 Å². The van der Waals surface area contributed by atoms with Crippen molar-refractivity contribution in [1.82, 2.24) is 19.9 Å². The fraction of sp³-hybridized carbons (Fsp3) is 0.318. The lowest BCUT2D eigenvalue weighted by atomic mass is 9.98. The first-order valence-electron chi connectivity index (χ1n) is 10.3. The first-order chi connectivity index (χ1) is 16.2. The van der Waals surface area contributed by atoms with Crippen molar-refractivity contribution in [3.05, 3.63) is 41.7 Å². The number of carbonyl (C=O) groups excluding carboxylic acids is 1. The number of fused-ring (bicyclic) bond motifs is 1. The Bertz CT molecular complexity index is 1290. The van der Waals surface area contributed by atoms with Crippen LogP contribution in [0.2, 0.25) is 0 Å². The highest BCUT2D eigenvalue weighted by Gasteiger charge is 2.37. The molecular weight excluding hydrogens is 451 g/mol. The van der Waals surface area contributed by atoms with E-state index in [-0.39, 0.29) is 25.2 Å². The molecule has 0 unspecified atom stereocenters. The maximum atomic E-state index is 12.6. The Labute approximate surface area is 192 Å². The predicted molar refractivity (Wildman–Crippen MR) is 118 cm³/mol. The van der Waals surface area contributed by atoms with E-state index >= 15 is 0 Å². The zero-order valence-corrected chi connectivity index (χ0v) is 18.3. The zero-order chi connectivity index (χ0) is 24.5. The Balaban J connectivity index is 1.59. The van der Waals surface area contributed by atoms with Crippen LogP contribution in [0.3, 0.4) is 0 Å². The summed E-state index contributed by atoms with van der Waals surface area (Å²) in [5.74, 6) is 0.377. The van der Waals surface area contributed by atoms with Crippen molar-refractivity contribution in [3.63, 3.8) is 0 Å². The molecule has 1 aromatic carbocycles. The molecule has 0 aliphatic carbocycles. The van der Waals surface area contributed by atoms with Crippen molar-refractivity contribution in [2.45, 2.75) is 25.8 Å². The van der Waals surface area contributed by atoms with Gasteiger partial charge in [0.2, 0.25) is 5.95 Å². The number of benzene rings is 1. The van der Waals surface area contributed by atoms with Crippen LogP contribution in [0.4, 0.5) is 29.6 Å². The molecule has 2 amide bonds. The maximum absolute atomic E-state index is 12.6. The number of aromatic nitrogens is 3. The molecule has 3 aromatic rings. The molecule has 0 bridgehead atoms. The van der Waals surface area contributed by atoms with Crippen molar-refractivity contribution in [1.29, 1.82) is 5.26 Å². The number of ether oxygens (including phenoxy) is 1. The molecule has 34 heavy (non-hydrogen) atoms. The summed E-state index contributed by atoms with van der Waals surface area (Å²) >= 11 is 0. The maximum Gasteiger partial charge on any atom is 0.522 e. The molecule has 0 radical (unpaired) electrons. The Hall–Kier alpha value is -3.98. The van der Waals surface area contributed by atoms with E-state index in [1.807, 2.05) is 6.92 Å². The molecule has 176 valence electrons. The van der Waals surface area contributed by atoms with E-state index in [4.69, 9.17) is 0 Å². The van der Waals surface area contributed by atoms with Crippen molar-refractivity contribution < 1.29 is 22.7 Å². The summed E-state index contributed by atoms with van der Waals surface area (Å²) in [6.45, 7) is 1.84. The fourth-order valence-corrected chi connectivity index (χ4v) is 3.76. The van der Waals surface area contributed by atoms with Gasteiger partial charge in [-0.05, 0) is 42.7 Å². The number of pyridine rings is 1. The molecule has 1 aliphatic heterocycles. The SMILES string of the molecule is CNc1ncc2cc(-c3cc(NC(=O)N4CC[C@@H](OC(F)(F)F)C4)ccc3C)c(C#N)nc2n1. The van der Waals surface area contributed by atoms with Crippen LogP contribution in [-0.2, 0) is 4.74 Å². The number of rotatable bonds is 4. The van der Waals surface area contributed by atoms with Gasteiger partial charge >= 0.3 is 12.4 Å². The number of urea groups is 1. The minimum absolute atomic E-state index is 0.0949. The molecule has 2 N–H and O–H groups in total. The number of aryl methyl sites for hydroxylation is 1. The van der Waals surface area contributed by atoms with Gasteiger partial charge in [0.15, 0.2) is 11.3 Å². The van der Waals surface area contributed by atoms with Crippen LogP contribution >= 0.6 is 0 Å². The molecule has 1 saturated heterocycles. The summed E-state index contributed by atoms with van der Waals surface area (Å²) in [7, 11) is 1.68. The van der Waals surface area contributed by atoms with Crippen LogP contribution in [0.15, 0.2) is 30.5 Å². The lowest BCUT2D eigenvalue weighted by molar-refractivity contribution is -0.340. The van der Waals surface area contributed by atoms with Gasteiger partial charge in [0.1, 0.15) is 6.07 Å². The van der Waals surface area contributed by atoms with Gasteiger partial charge in [-0.25, -0.2) is 14.8 Å². The summed E-state index contributed by atoms with van der Waals surface area (Å²) in [4.78, 5) is 26.7. The molecule has 1 aliphatic rings. The average Bonchev–Trinajstić information content (AvgIpc) is 3.26. The predicted octanol–water partition coefficient (Wildman–Crippen LogP) is 4.06. The molecule has 1 fully saturated rings. The van der Waals surface area contributed by atoms with E-state index in [1.54, 1.807) is 37.5 Å². The Morgan fingerprint density at radius 2 is 2.06 bits per heavy atom. The first-order valence-corrected chi connectivity index (χ1v) is 10.3. The number of hydrogen-bond acceptors (Lipinski definition) is 7. The van der Waals surface area contributed by atoms with Gasteiger partial charge in [0.05, 0.1) is 6.10 Å². The van der Waals surface area contributed by atoms with E-state index < -0.39 is 18.5 Å². The van der Waals surface area contributed by atoms with Crippen LogP contribution in [0.1, 0.15) is 17.7 Å². The van der Waals surface area contributed by atoms with E-state index in [2.05, 4.69) is 36.4 Å². The normalized spacial score (nSPS) is 15.9. The molecule has 9 nitrogen and oxygen atoms in total. The van der Waals surface area contributed by atoms with Crippen LogP contribution in [0.25, 0.3) is 22.2 Å². The van der Waals surface area contributed by atoms with Gasteiger partial charge in [-0.2, -0.15) is 10.2 Å². The number of alkyl halides is 3. The van der Waals surface area contributed by atoms with Crippen LogP contribution in [0.5, 0.6) is 0 Å². The third kappa shape index (κ3) is 4.99. The number of carbonyl (C=O) groups is 1. The van der Waals surface area contributed by atoms with E-state index in [0.717, 1.165) is 5.56 Å². The van der Waals surface area contributed by atoms with E-state index in [0.29, 0.717) is 33.8 Å². The molecule has 4 rings (SSSR count). The standard InChI is InChI=1S/C22H20F3N7O2/c1-12-3-4-14(29-21(33)32-6-5-15(11-32)34-22(23,24)25)8-16(12)17-7-13-10-28-20(27-2)31-19(13)30-18(17)9-26/h3-4,7-8,10,15H,5-6,11H2,1-2H3,(H,29,33)(H,27,28,30,31)/t15-/m1/s1. The molecule has 0 saturated carbocycles. The largest absolute Gasteiger partial charge is 0.522 e. The average molecular weight is 471 g/mol. The Kier molecular flexibility index (Phi) is 6.21. The second kappa shape index (κ2) is 9.11. The molecule has 1 atom stereocenters. The monoisotopic (exact) mass is 471 g/mol. The number of amides is 2. The third-order valence-corrected chi connectivity index (χ3v) is 5.41. The quantitative estimate of drug-likeness (QED) is 0.590. The number of nitrogens with zero attached hydrogens (tertiary/aromatic N) is 5. The lowest BCUT2D eigenvalue weighted by Crippen LogP contribution is -2.35. The highest BCUT2D eigenvalue weighted by Crippen LogP contribution is 2.31. The summed E-state index contributed by atoms with van der Waals surface area (Å²) in [6, 6.07) is 8.46. The van der Waals surface area contributed by atoms with Crippen LogP contribution in [0, 0.1) is 18.3 Å². The lowest BCUT2D eigenvalue weighted by Gasteiger charge is -2.19. The highest BCUT2D eigenvalue weighted by molar-refractivity contribution is 5.92. The van der Waals surface area contributed by atoms with Crippen molar-refractivity contribution >= 4 is 28.7 Å². The fourth-order valence-electron chi connectivity index (χ4n) is 3.76. The number of halogens is 3.